The Balaban J connectivity index is 1.65. The van der Waals surface area contributed by atoms with Crippen LogP contribution < -0.4 is 14.8 Å². The van der Waals surface area contributed by atoms with Gasteiger partial charge in [-0.15, -0.1) is 0 Å². The Morgan fingerprint density at radius 3 is 2.60 bits per heavy atom. The van der Waals surface area contributed by atoms with Gasteiger partial charge in [0.2, 0.25) is 5.91 Å². The molecule has 3 rings (SSSR count). The van der Waals surface area contributed by atoms with Crippen molar-refractivity contribution in [2.75, 3.05) is 32.6 Å². The van der Waals surface area contributed by atoms with Gasteiger partial charge in [-0.25, -0.2) is 0 Å². The summed E-state index contributed by atoms with van der Waals surface area (Å²) >= 11 is 0. The summed E-state index contributed by atoms with van der Waals surface area (Å²) in [5, 5.41) is 2.95. The lowest BCUT2D eigenvalue weighted by atomic mass is 10.0. The quantitative estimate of drug-likeness (QED) is 0.875. The average Bonchev–Trinajstić information content (AvgIpc) is 3.10. The van der Waals surface area contributed by atoms with Crippen molar-refractivity contribution >= 4 is 11.6 Å². The van der Waals surface area contributed by atoms with Crippen LogP contribution >= 0.6 is 0 Å². The molecule has 1 atom stereocenters. The van der Waals surface area contributed by atoms with E-state index in [4.69, 9.17) is 9.47 Å². The van der Waals surface area contributed by atoms with E-state index in [-0.39, 0.29) is 11.9 Å². The number of ether oxygens (including phenoxy) is 2. The second-order valence-electron chi connectivity index (χ2n) is 6.15. The molecule has 2 aromatic carbocycles. The van der Waals surface area contributed by atoms with Crippen LogP contribution in [-0.2, 0) is 4.79 Å². The number of methoxy groups -OCH3 is 2. The van der Waals surface area contributed by atoms with Gasteiger partial charge in [0.15, 0.2) is 0 Å². The van der Waals surface area contributed by atoms with E-state index in [0.717, 1.165) is 25.1 Å². The number of anilines is 1. The molecule has 5 nitrogen and oxygen atoms in total. The number of carbonyl (C=O) groups excluding carboxylic acids is 1. The number of carbonyl (C=O) groups is 1. The van der Waals surface area contributed by atoms with Crippen molar-refractivity contribution in [2.45, 2.75) is 18.9 Å². The van der Waals surface area contributed by atoms with Crippen LogP contribution in [-0.4, -0.2) is 38.1 Å². The lowest BCUT2D eigenvalue weighted by molar-refractivity contribution is -0.117. The topological polar surface area (TPSA) is 50.8 Å². The molecule has 0 spiro atoms. The van der Waals surface area contributed by atoms with Gasteiger partial charge in [0.05, 0.1) is 26.5 Å². The fourth-order valence-electron chi connectivity index (χ4n) is 3.34. The molecule has 0 saturated carbocycles. The van der Waals surface area contributed by atoms with Crippen molar-refractivity contribution in [2.24, 2.45) is 0 Å². The van der Waals surface area contributed by atoms with Gasteiger partial charge in [-0.3, -0.25) is 9.69 Å². The maximum absolute atomic E-state index is 12.5. The van der Waals surface area contributed by atoms with Crippen LogP contribution in [0.3, 0.4) is 0 Å². The van der Waals surface area contributed by atoms with Crippen LogP contribution in [0.1, 0.15) is 24.4 Å². The van der Waals surface area contributed by atoms with Crippen molar-refractivity contribution < 1.29 is 14.3 Å². The minimum Gasteiger partial charge on any atom is -0.497 e. The molecule has 1 fully saturated rings. The Morgan fingerprint density at radius 1 is 1.12 bits per heavy atom. The summed E-state index contributed by atoms with van der Waals surface area (Å²) in [5.41, 5.74) is 1.93. The molecule has 0 unspecified atom stereocenters. The lowest BCUT2D eigenvalue weighted by Crippen LogP contribution is -2.33. The Morgan fingerprint density at radius 2 is 1.88 bits per heavy atom. The number of amides is 1. The maximum Gasteiger partial charge on any atom is 0.238 e. The van der Waals surface area contributed by atoms with Crippen molar-refractivity contribution in [3.8, 4) is 11.5 Å². The highest BCUT2D eigenvalue weighted by Gasteiger charge is 2.27. The first kappa shape index (κ1) is 17.3. The van der Waals surface area contributed by atoms with E-state index in [2.05, 4.69) is 22.3 Å². The molecule has 132 valence electrons. The molecule has 2 aromatic rings. The van der Waals surface area contributed by atoms with E-state index in [9.17, 15) is 4.79 Å². The average molecular weight is 340 g/mol. The zero-order valence-corrected chi connectivity index (χ0v) is 14.7. The number of nitrogens with zero attached hydrogens (tertiary/aromatic N) is 1. The predicted molar refractivity (Wildman–Crippen MR) is 98.2 cm³/mol. The normalized spacial score (nSPS) is 17.3. The fraction of sp³-hybridized carbons (Fsp3) is 0.350. The first-order valence-corrected chi connectivity index (χ1v) is 8.52. The molecule has 1 heterocycles. The molecule has 5 heteroatoms. The van der Waals surface area contributed by atoms with Gasteiger partial charge in [-0.2, -0.15) is 0 Å². The number of para-hydroxylation sites is 2. The van der Waals surface area contributed by atoms with Crippen LogP contribution in [0, 0.1) is 0 Å². The summed E-state index contributed by atoms with van der Waals surface area (Å²) in [6.07, 6.45) is 2.16. The molecule has 1 aliphatic heterocycles. The number of benzene rings is 2. The third-order valence-electron chi connectivity index (χ3n) is 4.59. The summed E-state index contributed by atoms with van der Waals surface area (Å²) < 4.78 is 10.5. The Kier molecular flexibility index (Phi) is 5.56. The summed E-state index contributed by atoms with van der Waals surface area (Å²) in [4.78, 5) is 14.7. The van der Waals surface area contributed by atoms with Crippen molar-refractivity contribution in [1.82, 2.24) is 4.90 Å². The second-order valence-corrected chi connectivity index (χ2v) is 6.15. The Hall–Kier alpha value is -2.53. The molecule has 25 heavy (non-hydrogen) atoms. The molecule has 1 aliphatic rings. The van der Waals surface area contributed by atoms with Crippen LogP contribution in [0.4, 0.5) is 5.69 Å². The summed E-state index contributed by atoms with van der Waals surface area (Å²) in [5.74, 6) is 1.50. The van der Waals surface area contributed by atoms with Gasteiger partial charge >= 0.3 is 0 Å². The van der Waals surface area contributed by atoms with Gasteiger partial charge in [-0.1, -0.05) is 24.3 Å². The zero-order valence-electron chi connectivity index (χ0n) is 14.7. The van der Waals surface area contributed by atoms with Crippen LogP contribution in [0.15, 0.2) is 48.5 Å². The Labute approximate surface area is 148 Å². The zero-order chi connectivity index (χ0) is 17.6. The third kappa shape index (κ3) is 4.12. The van der Waals surface area contributed by atoms with E-state index < -0.39 is 0 Å². The molecule has 1 amide bonds. The monoisotopic (exact) mass is 340 g/mol. The van der Waals surface area contributed by atoms with Gasteiger partial charge in [-0.05, 0) is 49.2 Å². The van der Waals surface area contributed by atoms with E-state index in [0.29, 0.717) is 18.0 Å². The molecule has 1 N–H and O–H groups in total. The van der Waals surface area contributed by atoms with Crippen LogP contribution in [0.2, 0.25) is 0 Å². The van der Waals surface area contributed by atoms with Crippen molar-refractivity contribution in [3.63, 3.8) is 0 Å². The SMILES string of the molecule is COc1ccc([C@@H]2CCCN2CC(=O)Nc2ccccc2OC)cc1. The number of nitrogens with one attached hydrogen (secondary N) is 1. The molecule has 0 aliphatic carbocycles. The van der Waals surface area contributed by atoms with E-state index >= 15 is 0 Å². The first-order chi connectivity index (χ1) is 12.2. The van der Waals surface area contributed by atoms with Crippen molar-refractivity contribution in [1.29, 1.82) is 0 Å². The smallest absolute Gasteiger partial charge is 0.238 e. The fourth-order valence-corrected chi connectivity index (χ4v) is 3.34. The second kappa shape index (κ2) is 8.03. The largest absolute Gasteiger partial charge is 0.497 e. The highest BCUT2D eigenvalue weighted by molar-refractivity contribution is 5.93. The minimum absolute atomic E-state index is 0.0232. The summed E-state index contributed by atoms with van der Waals surface area (Å²) in [6, 6.07) is 15.8. The minimum atomic E-state index is -0.0232. The highest BCUT2D eigenvalue weighted by atomic mass is 16.5. The van der Waals surface area contributed by atoms with Crippen LogP contribution in [0.5, 0.6) is 11.5 Å². The van der Waals surface area contributed by atoms with Gasteiger partial charge < -0.3 is 14.8 Å². The number of rotatable bonds is 6. The lowest BCUT2D eigenvalue weighted by Gasteiger charge is -2.24. The van der Waals surface area contributed by atoms with Crippen LogP contribution in [0.25, 0.3) is 0 Å². The predicted octanol–water partition coefficient (Wildman–Crippen LogP) is 3.48. The molecular weight excluding hydrogens is 316 g/mol. The molecule has 0 radical (unpaired) electrons. The standard InChI is InChI=1S/C20H24N2O3/c1-24-16-11-9-15(10-12-16)18-7-5-13-22(18)14-20(23)21-17-6-3-4-8-19(17)25-2/h3-4,6,8-12,18H,5,7,13-14H2,1-2H3,(H,21,23)/t18-/m0/s1. The Bertz CT molecular complexity index is 715. The number of likely N-dealkylation sites (tertiary alicyclic amines) is 1. The number of hydrogen-bond donors (Lipinski definition) is 1. The van der Waals surface area contributed by atoms with Gasteiger partial charge in [0.1, 0.15) is 11.5 Å². The molecule has 1 saturated heterocycles. The van der Waals surface area contributed by atoms with Gasteiger partial charge in [0.25, 0.3) is 0 Å². The first-order valence-electron chi connectivity index (χ1n) is 8.52. The maximum atomic E-state index is 12.5. The summed E-state index contributed by atoms with van der Waals surface area (Å²) in [6.45, 7) is 1.30. The molecular formula is C20H24N2O3. The number of hydrogen-bond acceptors (Lipinski definition) is 4. The molecule has 0 bridgehead atoms. The highest BCUT2D eigenvalue weighted by Crippen LogP contribution is 2.32. The van der Waals surface area contributed by atoms with E-state index in [1.54, 1.807) is 14.2 Å². The van der Waals surface area contributed by atoms with Gasteiger partial charge in [0, 0.05) is 6.04 Å². The van der Waals surface area contributed by atoms with E-state index in [1.165, 1.54) is 5.56 Å². The van der Waals surface area contributed by atoms with Crippen molar-refractivity contribution in [3.05, 3.63) is 54.1 Å². The van der Waals surface area contributed by atoms with E-state index in [1.807, 2.05) is 36.4 Å². The third-order valence-corrected chi connectivity index (χ3v) is 4.59. The summed E-state index contributed by atoms with van der Waals surface area (Å²) in [7, 11) is 3.27. The molecule has 0 aromatic heterocycles.